The van der Waals surface area contributed by atoms with Crippen LogP contribution in [0.2, 0.25) is 5.02 Å². The molecule has 0 fully saturated rings. The average molecular weight is 353 g/mol. The molecule has 0 saturated carbocycles. The first-order valence-electron chi connectivity index (χ1n) is 7.20. The van der Waals surface area contributed by atoms with Crippen molar-refractivity contribution in [2.75, 3.05) is 11.9 Å². The fourth-order valence-electron chi connectivity index (χ4n) is 2.21. The molecule has 1 amide bonds. The molecule has 0 saturated heterocycles. The Morgan fingerprint density at radius 3 is 2.74 bits per heavy atom. The molecule has 0 aliphatic carbocycles. The van der Waals surface area contributed by atoms with E-state index >= 15 is 0 Å². The lowest BCUT2D eigenvalue weighted by molar-refractivity contribution is 0.0527. The molecule has 1 N–H and O–H groups in total. The summed E-state index contributed by atoms with van der Waals surface area (Å²) in [6, 6.07) is 3.06. The first-order chi connectivity index (χ1) is 11.0. The zero-order valence-electron chi connectivity index (χ0n) is 13.1. The minimum Gasteiger partial charge on any atom is -0.462 e. The van der Waals surface area contributed by atoms with Gasteiger partial charge in [-0.1, -0.05) is 18.5 Å². The van der Waals surface area contributed by atoms with E-state index in [-0.39, 0.29) is 12.3 Å². The molecular weight excluding hydrogens is 336 g/mol. The van der Waals surface area contributed by atoms with Crippen LogP contribution in [0.5, 0.6) is 0 Å². The van der Waals surface area contributed by atoms with Gasteiger partial charge in [0.15, 0.2) is 0 Å². The molecule has 0 aliphatic heterocycles. The second kappa shape index (κ2) is 7.57. The maximum Gasteiger partial charge on any atom is 0.341 e. The van der Waals surface area contributed by atoms with E-state index in [4.69, 9.17) is 16.3 Å². The lowest BCUT2D eigenvalue weighted by Gasteiger charge is -2.07. The number of hydrogen-bond acceptors (Lipinski definition) is 5. The molecule has 122 valence electrons. The Morgan fingerprint density at radius 1 is 1.39 bits per heavy atom. The SMILES string of the molecule is CCOC(=O)c1c(NC(=O)c2cc(Cl)ccn2)sc(C)c1CC. The summed E-state index contributed by atoms with van der Waals surface area (Å²) >= 11 is 7.23. The summed E-state index contributed by atoms with van der Waals surface area (Å²) in [5.74, 6) is -0.843. The zero-order chi connectivity index (χ0) is 17.0. The number of amides is 1. The summed E-state index contributed by atoms with van der Waals surface area (Å²) in [5.41, 5.74) is 1.51. The van der Waals surface area contributed by atoms with Crippen molar-refractivity contribution in [1.82, 2.24) is 4.98 Å². The third-order valence-electron chi connectivity index (χ3n) is 3.22. The number of aromatic nitrogens is 1. The van der Waals surface area contributed by atoms with Crippen LogP contribution in [0.1, 0.15) is 45.1 Å². The Bertz CT molecular complexity index is 743. The second-order valence-corrected chi connectivity index (χ2v) is 6.39. The molecule has 2 heterocycles. The highest BCUT2D eigenvalue weighted by Gasteiger charge is 2.24. The van der Waals surface area contributed by atoms with Gasteiger partial charge in [-0.15, -0.1) is 11.3 Å². The second-order valence-electron chi connectivity index (χ2n) is 4.73. The Kier molecular flexibility index (Phi) is 5.74. The summed E-state index contributed by atoms with van der Waals surface area (Å²) in [5, 5.41) is 3.65. The number of nitrogens with one attached hydrogen (secondary N) is 1. The van der Waals surface area contributed by atoms with Crippen LogP contribution < -0.4 is 5.32 Å². The number of carbonyl (C=O) groups is 2. The molecule has 0 aromatic carbocycles. The minimum absolute atomic E-state index is 0.191. The molecule has 0 bridgehead atoms. The molecule has 2 aromatic heterocycles. The molecule has 2 rings (SSSR count). The maximum atomic E-state index is 12.3. The fraction of sp³-hybridized carbons (Fsp3) is 0.312. The summed E-state index contributed by atoms with van der Waals surface area (Å²) in [6.07, 6.45) is 2.14. The van der Waals surface area contributed by atoms with Crippen molar-refractivity contribution in [3.63, 3.8) is 0 Å². The number of carbonyl (C=O) groups excluding carboxylic acids is 2. The molecule has 2 aromatic rings. The van der Waals surface area contributed by atoms with Gasteiger partial charge in [-0.05, 0) is 38.0 Å². The molecule has 5 nitrogen and oxygen atoms in total. The normalized spacial score (nSPS) is 10.4. The molecule has 0 spiro atoms. The number of anilines is 1. The Hall–Kier alpha value is -1.92. The summed E-state index contributed by atoms with van der Waals surface area (Å²) in [6.45, 7) is 5.90. The molecule has 7 heteroatoms. The Morgan fingerprint density at radius 2 is 2.13 bits per heavy atom. The van der Waals surface area contributed by atoms with Gasteiger partial charge in [-0.3, -0.25) is 9.78 Å². The first kappa shape index (κ1) is 17.4. The van der Waals surface area contributed by atoms with Crippen molar-refractivity contribution in [1.29, 1.82) is 0 Å². The number of esters is 1. The van der Waals surface area contributed by atoms with Crippen molar-refractivity contribution in [3.8, 4) is 0 Å². The first-order valence-corrected chi connectivity index (χ1v) is 8.39. The van der Waals surface area contributed by atoms with Crippen LogP contribution in [0.25, 0.3) is 0 Å². The lowest BCUT2D eigenvalue weighted by Crippen LogP contribution is -2.16. The number of hydrogen-bond donors (Lipinski definition) is 1. The number of ether oxygens (including phenoxy) is 1. The molecule has 0 radical (unpaired) electrons. The molecule has 23 heavy (non-hydrogen) atoms. The smallest absolute Gasteiger partial charge is 0.341 e. The van der Waals surface area contributed by atoms with Crippen LogP contribution in [0.4, 0.5) is 5.00 Å². The Balaban J connectivity index is 2.36. The average Bonchev–Trinajstić information content (AvgIpc) is 2.82. The monoisotopic (exact) mass is 352 g/mol. The van der Waals surface area contributed by atoms with E-state index in [0.29, 0.717) is 22.0 Å². The predicted octanol–water partition coefficient (Wildman–Crippen LogP) is 4.10. The topological polar surface area (TPSA) is 68.3 Å². The van der Waals surface area contributed by atoms with Crippen LogP contribution in [0, 0.1) is 6.92 Å². The summed E-state index contributed by atoms with van der Waals surface area (Å²) in [4.78, 5) is 29.5. The van der Waals surface area contributed by atoms with E-state index in [0.717, 1.165) is 10.4 Å². The van der Waals surface area contributed by atoms with Crippen molar-refractivity contribution < 1.29 is 14.3 Å². The quantitative estimate of drug-likeness (QED) is 0.823. The van der Waals surface area contributed by atoms with Crippen LogP contribution in [0.15, 0.2) is 18.3 Å². The predicted molar refractivity (Wildman–Crippen MR) is 91.6 cm³/mol. The lowest BCUT2D eigenvalue weighted by atomic mass is 10.1. The summed E-state index contributed by atoms with van der Waals surface area (Å²) < 4.78 is 5.11. The van der Waals surface area contributed by atoms with Gasteiger partial charge in [0.05, 0.1) is 12.2 Å². The van der Waals surface area contributed by atoms with E-state index in [1.807, 2.05) is 13.8 Å². The molecule has 0 aliphatic rings. The van der Waals surface area contributed by atoms with Crippen molar-refractivity contribution in [2.24, 2.45) is 0 Å². The minimum atomic E-state index is -0.428. The number of aryl methyl sites for hydroxylation is 1. The Labute approximate surface area is 143 Å². The van der Waals surface area contributed by atoms with E-state index < -0.39 is 11.9 Å². The third-order valence-corrected chi connectivity index (χ3v) is 4.52. The standard InChI is InChI=1S/C16H17ClN2O3S/c1-4-11-9(3)23-15(13(11)16(21)22-5-2)19-14(20)12-8-10(17)6-7-18-12/h6-8H,4-5H2,1-3H3,(H,19,20). The van der Waals surface area contributed by atoms with Gasteiger partial charge in [0.25, 0.3) is 5.91 Å². The largest absolute Gasteiger partial charge is 0.462 e. The molecule has 0 unspecified atom stereocenters. The van der Waals surface area contributed by atoms with Gasteiger partial charge in [0, 0.05) is 16.1 Å². The maximum absolute atomic E-state index is 12.3. The zero-order valence-corrected chi connectivity index (χ0v) is 14.7. The van der Waals surface area contributed by atoms with Crippen LogP contribution >= 0.6 is 22.9 Å². The third kappa shape index (κ3) is 3.89. The van der Waals surface area contributed by atoms with Crippen LogP contribution in [-0.2, 0) is 11.2 Å². The van der Waals surface area contributed by atoms with Gasteiger partial charge >= 0.3 is 5.97 Å². The van der Waals surface area contributed by atoms with Gasteiger partial charge < -0.3 is 10.1 Å². The number of rotatable bonds is 5. The van der Waals surface area contributed by atoms with Gasteiger partial charge in [0.2, 0.25) is 0 Å². The van der Waals surface area contributed by atoms with Crippen molar-refractivity contribution in [3.05, 3.63) is 45.1 Å². The number of halogens is 1. The molecule has 0 atom stereocenters. The fourth-order valence-corrected chi connectivity index (χ4v) is 3.50. The number of thiophene rings is 1. The van der Waals surface area contributed by atoms with Crippen LogP contribution in [0.3, 0.4) is 0 Å². The summed E-state index contributed by atoms with van der Waals surface area (Å²) in [7, 11) is 0. The van der Waals surface area contributed by atoms with Crippen molar-refractivity contribution >= 4 is 39.8 Å². The van der Waals surface area contributed by atoms with Crippen molar-refractivity contribution in [2.45, 2.75) is 27.2 Å². The van der Waals surface area contributed by atoms with Gasteiger partial charge in [-0.2, -0.15) is 0 Å². The van der Waals surface area contributed by atoms with E-state index in [1.54, 1.807) is 13.0 Å². The van der Waals surface area contributed by atoms with Gasteiger partial charge in [-0.25, -0.2) is 4.79 Å². The van der Waals surface area contributed by atoms with E-state index in [9.17, 15) is 9.59 Å². The van der Waals surface area contributed by atoms with E-state index in [1.165, 1.54) is 23.6 Å². The highest BCUT2D eigenvalue weighted by Crippen LogP contribution is 2.34. The number of pyridine rings is 1. The molecular formula is C16H17ClN2O3S. The highest BCUT2D eigenvalue weighted by atomic mass is 35.5. The highest BCUT2D eigenvalue weighted by molar-refractivity contribution is 7.16. The van der Waals surface area contributed by atoms with E-state index in [2.05, 4.69) is 10.3 Å². The number of nitrogens with zero attached hydrogens (tertiary/aromatic N) is 1. The van der Waals surface area contributed by atoms with Gasteiger partial charge in [0.1, 0.15) is 10.7 Å². The van der Waals surface area contributed by atoms with Crippen LogP contribution in [-0.4, -0.2) is 23.5 Å².